The predicted octanol–water partition coefficient (Wildman–Crippen LogP) is 1.79. The second-order valence-electron chi connectivity index (χ2n) is 6.19. The molecule has 4 aromatic rings. The van der Waals surface area contributed by atoms with Crippen LogP contribution in [0, 0.1) is 20.2 Å². The maximum atomic E-state index is 11.1. The van der Waals surface area contributed by atoms with E-state index in [1.165, 1.54) is 35.1 Å². The summed E-state index contributed by atoms with van der Waals surface area (Å²) >= 11 is 0. The first-order valence-corrected chi connectivity index (χ1v) is 8.65. The predicted molar refractivity (Wildman–Crippen MR) is 109 cm³/mol. The quantitative estimate of drug-likeness (QED) is 0.256. The number of hydrogen-bond donors (Lipinski definition) is 2. The molecule has 0 fully saturated rings. The summed E-state index contributed by atoms with van der Waals surface area (Å²) in [7, 11) is 0. The van der Waals surface area contributed by atoms with Crippen LogP contribution in [0.4, 0.5) is 17.3 Å². The number of aromatic nitrogens is 5. The van der Waals surface area contributed by atoms with E-state index in [1.807, 2.05) is 0 Å². The Morgan fingerprint density at radius 2 is 1.50 bits per heavy atom. The number of benzene rings is 2. The van der Waals surface area contributed by atoms with Crippen molar-refractivity contribution < 1.29 is 20.1 Å². The van der Waals surface area contributed by atoms with Crippen molar-refractivity contribution in [2.45, 2.75) is 0 Å². The van der Waals surface area contributed by atoms with Crippen molar-refractivity contribution in [3.8, 4) is 11.5 Å². The van der Waals surface area contributed by atoms with Gasteiger partial charge in [-0.2, -0.15) is 14.3 Å². The number of nitrogens with zero attached hydrogens (tertiary/aromatic N) is 9. The standard InChI is InChI=1S/C17H11N9O6/c27-12-1-3-14(25(29)30)10(5-12)7-18-16-21-22-17-23(9-20-24(16)17)19-8-11-6-13(28)2-4-15(11)26(31)32/h1-9,27-28H/b18-7+,19-8+. The number of hydrogen-bond acceptors (Lipinski definition) is 11. The lowest BCUT2D eigenvalue weighted by molar-refractivity contribution is -0.385. The van der Waals surface area contributed by atoms with Gasteiger partial charge in [0, 0.05) is 18.3 Å². The van der Waals surface area contributed by atoms with Gasteiger partial charge in [-0.15, -0.1) is 15.3 Å². The number of phenolic OH excluding ortho intramolecular Hbond substituents is 2. The normalized spacial score (nSPS) is 11.6. The minimum absolute atomic E-state index is 0.0325. The maximum Gasteiger partial charge on any atom is 0.278 e. The molecule has 2 aromatic heterocycles. The molecule has 0 radical (unpaired) electrons. The summed E-state index contributed by atoms with van der Waals surface area (Å²) in [5, 5.41) is 57.1. The van der Waals surface area contributed by atoms with Crippen molar-refractivity contribution in [2.75, 3.05) is 0 Å². The first-order valence-electron chi connectivity index (χ1n) is 8.65. The number of aliphatic imine (C=N–C) groups is 1. The lowest BCUT2D eigenvalue weighted by atomic mass is 10.2. The molecule has 0 aliphatic carbocycles. The molecule has 0 atom stereocenters. The highest BCUT2D eigenvalue weighted by atomic mass is 16.6. The summed E-state index contributed by atoms with van der Waals surface area (Å²) in [6.45, 7) is 0. The Kier molecular flexibility index (Phi) is 4.96. The molecule has 0 amide bonds. The molecule has 32 heavy (non-hydrogen) atoms. The van der Waals surface area contributed by atoms with Gasteiger partial charge in [-0.25, -0.2) is 4.99 Å². The van der Waals surface area contributed by atoms with Crippen molar-refractivity contribution in [1.82, 2.24) is 24.5 Å². The molecule has 0 saturated carbocycles. The van der Waals surface area contributed by atoms with Crippen LogP contribution in [0.2, 0.25) is 0 Å². The van der Waals surface area contributed by atoms with Crippen LogP contribution in [0.15, 0.2) is 52.8 Å². The van der Waals surface area contributed by atoms with E-state index in [-0.39, 0.29) is 45.7 Å². The number of nitro benzene ring substituents is 2. The van der Waals surface area contributed by atoms with Crippen LogP contribution in [0.3, 0.4) is 0 Å². The zero-order valence-electron chi connectivity index (χ0n) is 15.7. The Labute approximate surface area is 176 Å². The molecule has 15 heteroatoms. The second-order valence-corrected chi connectivity index (χ2v) is 6.19. The van der Waals surface area contributed by atoms with Gasteiger partial charge in [-0.05, 0) is 24.3 Å². The van der Waals surface area contributed by atoms with Crippen molar-refractivity contribution in [2.24, 2.45) is 10.1 Å². The van der Waals surface area contributed by atoms with Crippen molar-refractivity contribution in [3.63, 3.8) is 0 Å². The third-order valence-corrected chi connectivity index (χ3v) is 4.15. The Bertz CT molecular complexity index is 1310. The highest BCUT2D eigenvalue weighted by Crippen LogP contribution is 2.23. The van der Waals surface area contributed by atoms with Gasteiger partial charge in [-0.1, -0.05) is 0 Å². The lowest BCUT2D eigenvalue weighted by Crippen LogP contribution is -1.96. The first-order chi connectivity index (χ1) is 15.3. The van der Waals surface area contributed by atoms with Crippen molar-refractivity contribution in [1.29, 1.82) is 0 Å². The fourth-order valence-electron chi connectivity index (χ4n) is 2.70. The zero-order valence-corrected chi connectivity index (χ0v) is 15.7. The van der Waals surface area contributed by atoms with Gasteiger partial charge in [0.15, 0.2) is 0 Å². The van der Waals surface area contributed by atoms with E-state index in [0.717, 1.165) is 29.2 Å². The molecule has 4 rings (SSSR count). The van der Waals surface area contributed by atoms with Crippen LogP contribution in [-0.2, 0) is 0 Å². The van der Waals surface area contributed by atoms with Gasteiger partial charge in [0.1, 0.15) is 17.8 Å². The maximum absolute atomic E-state index is 11.1. The fraction of sp³-hybridized carbons (Fsp3) is 0. The summed E-state index contributed by atoms with van der Waals surface area (Å²) in [5.41, 5.74) is -0.437. The van der Waals surface area contributed by atoms with Gasteiger partial charge in [0.25, 0.3) is 23.1 Å². The third-order valence-electron chi connectivity index (χ3n) is 4.15. The minimum Gasteiger partial charge on any atom is -0.508 e. The molecule has 15 nitrogen and oxygen atoms in total. The highest BCUT2D eigenvalue weighted by molar-refractivity contribution is 5.87. The monoisotopic (exact) mass is 437 g/mol. The van der Waals surface area contributed by atoms with Crippen molar-refractivity contribution >= 4 is 35.5 Å². The molecule has 2 N–H and O–H groups in total. The lowest BCUT2D eigenvalue weighted by Gasteiger charge is -1.98. The summed E-state index contributed by atoms with van der Waals surface area (Å²) in [6, 6.07) is 7.00. The number of phenols is 2. The highest BCUT2D eigenvalue weighted by Gasteiger charge is 2.15. The Morgan fingerprint density at radius 1 is 0.906 bits per heavy atom. The van der Waals surface area contributed by atoms with Gasteiger partial charge >= 0.3 is 0 Å². The molecule has 0 saturated heterocycles. The first kappa shape index (κ1) is 20.1. The SMILES string of the molecule is O=[N+]([O-])c1ccc(O)cc1/C=N/c1nnc2n(/N=C/c3cc(O)ccc3[N+](=O)[O-])cnn12. The van der Waals surface area contributed by atoms with Crippen LogP contribution in [0.1, 0.15) is 11.1 Å². The van der Waals surface area contributed by atoms with Crippen LogP contribution in [0.25, 0.3) is 5.78 Å². The Balaban J connectivity index is 1.66. The van der Waals surface area contributed by atoms with Gasteiger partial charge < -0.3 is 10.2 Å². The molecular formula is C17H11N9O6. The Hall–Kier alpha value is -5.21. The minimum atomic E-state index is -0.621. The molecule has 0 bridgehead atoms. The molecule has 2 aromatic carbocycles. The summed E-state index contributed by atoms with van der Waals surface area (Å²) < 4.78 is 2.34. The molecule has 160 valence electrons. The van der Waals surface area contributed by atoms with E-state index in [4.69, 9.17) is 0 Å². The van der Waals surface area contributed by atoms with E-state index in [9.17, 15) is 30.4 Å². The largest absolute Gasteiger partial charge is 0.508 e. The van der Waals surface area contributed by atoms with Gasteiger partial charge in [0.05, 0.1) is 27.2 Å². The molecule has 0 spiro atoms. The van der Waals surface area contributed by atoms with E-state index in [1.54, 1.807) is 0 Å². The van der Waals surface area contributed by atoms with E-state index in [2.05, 4.69) is 25.4 Å². The number of rotatable bonds is 6. The molecule has 0 unspecified atom stereocenters. The van der Waals surface area contributed by atoms with Crippen LogP contribution < -0.4 is 0 Å². The van der Waals surface area contributed by atoms with E-state index >= 15 is 0 Å². The molecular weight excluding hydrogens is 426 g/mol. The summed E-state index contributed by atoms with van der Waals surface area (Å²) in [4.78, 5) is 25.0. The number of nitro groups is 2. The van der Waals surface area contributed by atoms with E-state index < -0.39 is 9.85 Å². The second kappa shape index (κ2) is 7.90. The van der Waals surface area contributed by atoms with Gasteiger partial charge in [-0.3, -0.25) is 20.2 Å². The zero-order chi connectivity index (χ0) is 22.8. The van der Waals surface area contributed by atoms with Crippen LogP contribution >= 0.6 is 0 Å². The van der Waals surface area contributed by atoms with Crippen LogP contribution in [0.5, 0.6) is 11.5 Å². The summed E-state index contributed by atoms with van der Waals surface area (Å²) in [6.07, 6.45) is 3.52. The molecule has 2 heterocycles. The topological polar surface area (TPSA) is 199 Å². The molecule has 0 aliphatic rings. The summed E-state index contributed by atoms with van der Waals surface area (Å²) in [5.74, 6) is -0.285. The Morgan fingerprint density at radius 3 is 2.09 bits per heavy atom. The molecule has 0 aliphatic heterocycles. The third kappa shape index (κ3) is 3.80. The van der Waals surface area contributed by atoms with Crippen molar-refractivity contribution in [3.05, 3.63) is 74.1 Å². The van der Waals surface area contributed by atoms with Crippen LogP contribution in [-0.4, -0.2) is 57.0 Å². The van der Waals surface area contributed by atoms with Gasteiger partial charge in [0.2, 0.25) is 0 Å². The average molecular weight is 437 g/mol. The smallest absolute Gasteiger partial charge is 0.278 e. The fourth-order valence-corrected chi connectivity index (χ4v) is 2.70. The number of fused-ring (bicyclic) bond motifs is 1. The average Bonchev–Trinajstić information content (AvgIpc) is 3.32. The number of aromatic hydroxyl groups is 2. The van der Waals surface area contributed by atoms with E-state index in [0.29, 0.717) is 0 Å².